The Hall–Kier alpha value is -10.9. The minimum Gasteiger partial charge on any atom is -0.508 e. The number of aliphatic hydroxyl groups is 1. The SMILES string of the molecule is CCC(C)C[C@@H](C(=O)N[C@H](C(=O)N(C)[C@@H](CC(C)C)C(=O)N[C@@H](C)C(=O)N[C@H](C)C(=O)N(C)[C@H](C=O)CC(C)C)C(C)C)N(C)C(=O)CN(C)C(=O)[C@H](CC)NC(=O)[C@H]([C@H](O)[C@H](C)C/C=C/c1ccc(C(=O)NCCOCCNC(=S)Nc2ccc(C3=C4C=CCC=C4Oc4cc(O)ccc43)c(C(=O)O)c2)cc1)N(C)C(=O)[C@H](C(C)C)N(C)C(=O)[C@H](CC(C)C)NC. The van der Waals surface area contributed by atoms with E-state index in [2.05, 4.69) is 42.5 Å². The number of hydrogen-bond acceptors (Lipinski definition) is 19. The quantitative estimate of drug-likeness (QED) is 0.0145. The number of carboxylic acid groups (broad SMARTS) is 1. The summed E-state index contributed by atoms with van der Waals surface area (Å²) in [6.07, 6.45) is 10.9. The topological polar surface area (TPSA) is 417 Å². The number of benzene rings is 3. The number of nitrogens with one attached hydrogen (secondary N) is 8. The summed E-state index contributed by atoms with van der Waals surface area (Å²) < 4.78 is 11.8. The Bertz CT molecular complexity index is 4470. The van der Waals surface area contributed by atoms with Crippen LogP contribution in [0.5, 0.6) is 11.5 Å². The summed E-state index contributed by atoms with van der Waals surface area (Å²) in [5, 5.41) is 56.3. The largest absolute Gasteiger partial charge is 0.508 e. The average molecular weight is 1790 g/mol. The Morgan fingerprint density at radius 3 is 1.77 bits per heavy atom. The van der Waals surface area contributed by atoms with Crippen molar-refractivity contribution in [2.45, 2.75) is 229 Å². The number of ether oxygens (including phenoxy) is 2. The molecule has 0 saturated carbocycles. The molecule has 11 amide bonds. The van der Waals surface area contributed by atoms with E-state index in [9.17, 15) is 68.1 Å². The lowest BCUT2D eigenvalue weighted by Gasteiger charge is -2.40. The number of aliphatic hydroxyl groups excluding tert-OH is 1. The number of carboxylic acids is 1. The third-order valence-electron chi connectivity index (χ3n) is 23.0. The minimum absolute atomic E-state index is 0.0102. The van der Waals surface area contributed by atoms with Gasteiger partial charge in [-0.2, -0.15) is 0 Å². The van der Waals surface area contributed by atoms with E-state index >= 15 is 9.59 Å². The Labute approximate surface area is 755 Å². The minimum atomic E-state index is -1.66. The van der Waals surface area contributed by atoms with Crippen LogP contribution in [0, 0.1) is 41.4 Å². The van der Waals surface area contributed by atoms with E-state index in [0.29, 0.717) is 77.0 Å². The molecule has 13 atom stereocenters. The highest BCUT2D eigenvalue weighted by atomic mass is 32.1. The molecule has 0 fully saturated rings. The number of amides is 11. The molecule has 0 radical (unpaired) electrons. The number of thiocarbonyl (C=S) groups is 1. The van der Waals surface area contributed by atoms with Crippen LogP contribution in [-0.4, -0.2) is 276 Å². The third kappa shape index (κ3) is 30.4. The number of aromatic hydroxyl groups is 1. The van der Waals surface area contributed by atoms with Crippen molar-refractivity contribution in [3.8, 4) is 11.5 Å². The van der Waals surface area contributed by atoms with Crippen molar-refractivity contribution < 1.29 is 87.1 Å². The number of phenols is 1. The van der Waals surface area contributed by atoms with Crippen LogP contribution >= 0.6 is 12.2 Å². The van der Waals surface area contributed by atoms with Gasteiger partial charge in [-0.25, -0.2) is 4.79 Å². The number of likely N-dealkylation sites (N-methyl/N-ethyl adjacent to an activating group) is 7. The maximum Gasteiger partial charge on any atom is 0.336 e. The number of hydrogen-bond donors (Lipinski definition) is 11. The molecule has 3 aromatic carbocycles. The van der Waals surface area contributed by atoms with Gasteiger partial charge in [0.15, 0.2) is 5.11 Å². The zero-order chi connectivity index (χ0) is 95.3. The van der Waals surface area contributed by atoms with Crippen LogP contribution in [0.15, 0.2) is 96.3 Å². The van der Waals surface area contributed by atoms with Crippen molar-refractivity contribution in [3.05, 3.63) is 124 Å². The van der Waals surface area contributed by atoms with Gasteiger partial charge in [-0.1, -0.05) is 146 Å². The van der Waals surface area contributed by atoms with E-state index in [0.717, 1.165) is 15.4 Å². The molecule has 3 aromatic rings. The molecule has 1 heterocycles. The number of nitrogens with zero attached hydrogens (tertiary/aromatic N) is 6. The zero-order valence-electron chi connectivity index (χ0n) is 78.4. The maximum atomic E-state index is 15.1. The summed E-state index contributed by atoms with van der Waals surface area (Å²) >= 11 is 5.53. The van der Waals surface area contributed by atoms with Gasteiger partial charge in [0.05, 0.1) is 43.5 Å². The second kappa shape index (κ2) is 50.6. The molecule has 1 aliphatic heterocycles. The van der Waals surface area contributed by atoms with E-state index in [1.165, 1.54) is 93.9 Å². The van der Waals surface area contributed by atoms with Crippen molar-refractivity contribution >= 4 is 112 Å². The normalized spacial score (nSPS) is 15.5. The number of phenolic OH excluding ortho intramolecular Hbond substituents is 1. The lowest BCUT2D eigenvalue weighted by atomic mass is 9.85. The van der Waals surface area contributed by atoms with Crippen molar-refractivity contribution in [1.29, 1.82) is 0 Å². The smallest absolute Gasteiger partial charge is 0.336 e. The third-order valence-corrected chi connectivity index (χ3v) is 23.2. The number of aldehydes is 1. The molecule has 0 aromatic heterocycles. The summed E-state index contributed by atoms with van der Waals surface area (Å²) in [7, 11) is 10.2. The first-order valence-corrected chi connectivity index (χ1v) is 44.4. The lowest BCUT2D eigenvalue weighted by Crippen LogP contribution is -2.63. The van der Waals surface area contributed by atoms with Crippen LogP contribution in [0.1, 0.15) is 200 Å². The Morgan fingerprint density at radius 1 is 0.591 bits per heavy atom. The molecule has 0 bridgehead atoms. The summed E-state index contributed by atoms with van der Waals surface area (Å²) in [4.78, 5) is 189. The van der Waals surface area contributed by atoms with Crippen LogP contribution in [0.4, 0.5) is 5.69 Å². The molecule has 5 rings (SSSR count). The lowest BCUT2D eigenvalue weighted by molar-refractivity contribution is -0.154. The zero-order valence-corrected chi connectivity index (χ0v) is 79.2. The van der Waals surface area contributed by atoms with Crippen molar-refractivity contribution in [3.63, 3.8) is 0 Å². The Morgan fingerprint density at radius 2 is 1.19 bits per heavy atom. The highest BCUT2D eigenvalue weighted by Gasteiger charge is 2.45. The molecule has 0 saturated heterocycles. The van der Waals surface area contributed by atoms with Gasteiger partial charge < -0.3 is 102 Å². The molecular weight excluding hydrogens is 1650 g/mol. The molecule has 33 heteroatoms. The van der Waals surface area contributed by atoms with E-state index in [1.54, 1.807) is 103 Å². The van der Waals surface area contributed by atoms with E-state index in [4.69, 9.17) is 21.7 Å². The molecule has 2 aliphatic rings. The van der Waals surface area contributed by atoms with Crippen LogP contribution in [-0.2, 0) is 57.5 Å². The molecule has 32 nitrogen and oxygen atoms in total. The number of rotatable bonds is 49. The molecular formula is C94H140N14O18S. The monoisotopic (exact) mass is 1790 g/mol. The molecule has 1 unspecified atom stereocenters. The van der Waals surface area contributed by atoms with E-state index in [-0.39, 0.29) is 104 Å². The van der Waals surface area contributed by atoms with Gasteiger partial charge in [0.2, 0.25) is 59.1 Å². The first-order valence-electron chi connectivity index (χ1n) is 44.0. The second-order valence-corrected chi connectivity index (χ2v) is 35.7. The van der Waals surface area contributed by atoms with Crippen molar-refractivity contribution in [2.24, 2.45) is 41.4 Å². The highest BCUT2D eigenvalue weighted by molar-refractivity contribution is 7.80. The predicted octanol–water partition coefficient (Wildman–Crippen LogP) is 7.92. The number of carbonyl (C=O) groups is 13. The van der Waals surface area contributed by atoms with Crippen molar-refractivity contribution in [2.75, 3.05) is 87.5 Å². The number of carbonyl (C=O) groups excluding carboxylic acids is 12. The Balaban J connectivity index is 1.25. The van der Waals surface area contributed by atoms with E-state index < -0.39 is 150 Å². The van der Waals surface area contributed by atoms with Gasteiger partial charge in [-0.15, -0.1) is 0 Å². The van der Waals surface area contributed by atoms with E-state index in [1.807, 2.05) is 73.6 Å². The van der Waals surface area contributed by atoms with Gasteiger partial charge in [0, 0.05) is 89.4 Å². The number of allylic oxidation sites excluding steroid dienone is 4. The second-order valence-electron chi connectivity index (χ2n) is 35.3. The van der Waals surface area contributed by atoms with Crippen LogP contribution in [0.3, 0.4) is 0 Å². The van der Waals surface area contributed by atoms with Crippen molar-refractivity contribution in [1.82, 2.24) is 66.6 Å². The fourth-order valence-corrected chi connectivity index (χ4v) is 15.4. The van der Waals surface area contributed by atoms with Crippen LogP contribution < -0.4 is 47.3 Å². The number of aromatic carboxylic acids is 1. The fourth-order valence-electron chi connectivity index (χ4n) is 15.2. The van der Waals surface area contributed by atoms with Gasteiger partial charge in [-0.05, 0) is 173 Å². The van der Waals surface area contributed by atoms with Crippen LogP contribution in [0.25, 0.3) is 11.6 Å². The maximum absolute atomic E-state index is 15.1. The summed E-state index contributed by atoms with van der Waals surface area (Å²) in [5.41, 5.74) is 3.96. The average Bonchev–Trinajstić information content (AvgIpc) is 0.748. The predicted molar refractivity (Wildman–Crippen MR) is 493 cm³/mol. The number of fused-ring (bicyclic) bond motifs is 2. The molecule has 11 N–H and O–H groups in total. The first kappa shape index (κ1) is 107. The Kier molecular flexibility index (Phi) is 42.5. The standard InChI is InChI=1S/C94H140N14O18S/c1-24-58(13)48-74(86(116)102-79(56(9)10)91(121)106(21)73(47-55(7)8)85(115)98-60(15)83(113)99-61(16)88(118)104(19)65(52-109)45-53(3)4)105(20)77(111)51-103(18)89(119)71(25-2)101-87(117)81(108(23)92(122)80(57(11)12)107(22)90(120)72(95-17)46-54(5)6)82(112)59(14)29-28-30-62-33-35-63(36-34-62)84(114)96-41-43-125-44-42-97-94(127)100-64-37-39-67(70(49-64)93(123)124)78-68-31-26-27-32-75(68)126-76-50-66(110)38-40-69(76)78/h26,28,30-40,49-50,52-61,65,71-74,79-82,95,110,112H,24-25,27,29,41-48,51H2,1-23H3,(H,96,114)(H,98,115)(H,99,113)(H,101,117)(H,102,116)(H,123,124)(H2,97,100,127)/b30-28+/t58?,59-,60+,61-,65+,71+,72+,73+,74+,79+,80+,81+,82-/m1/s1. The molecule has 127 heavy (non-hydrogen) atoms. The molecule has 700 valence electrons. The van der Waals surface area contributed by atoms with Gasteiger partial charge >= 0.3 is 5.97 Å². The van der Waals surface area contributed by atoms with Gasteiger partial charge in [0.1, 0.15) is 71.9 Å². The van der Waals surface area contributed by atoms with Crippen LogP contribution in [0.2, 0.25) is 0 Å². The summed E-state index contributed by atoms with van der Waals surface area (Å²) in [6.45, 7) is 28.7. The van der Waals surface area contributed by atoms with Gasteiger partial charge in [-0.3, -0.25) is 52.7 Å². The molecule has 0 spiro atoms. The first-order chi connectivity index (χ1) is 59.7. The van der Waals surface area contributed by atoms with Gasteiger partial charge in [0.25, 0.3) is 5.91 Å². The molecule has 1 aliphatic carbocycles. The summed E-state index contributed by atoms with van der Waals surface area (Å²) in [6, 6.07) is 5.12. The highest BCUT2D eigenvalue weighted by Crippen LogP contribution is 2.45. The fraction of sp³-hybridized carbons (Fsp3) is 0.574. The summed E-state index contributed by atoms with van der Waals surface area (Å²) in [5.74, 6) is -8.90. The number of anilines is 1.